The molecule has 0 unspecified atom stereocenters. The summed E-state index contributed by atoms with van der Waals surface area (Å²) in [5.74, 6) is -0.902. The maximum atomic E-state index is 12.5. The first kappa shape index (κ1) is 20.7. The number of aromatic nitrogens is 2. The Morgan fingerprint density at radius 2 is 1.97 bits per heavy atom. The molecule has 160 valence electrons. The molecule has 4 aromatic rings. The van der Waals surface area contributed by atoms with Gasteiger partial charge in [0.1, 0.15) is 12.3 Å². The highest BCUT2D eigenvalue weighted by molar-refractivity contribution is 7.22. The Bertz CT molecular complexity index is 1300. The molecule has 0 bridgehead atoms. The summed E-state index contributed by atoms with van der Waals surface area (Å²) in [5.41, 5.74) is 1.85. The topological polar surface area (TPSA) is 85.3 Å². The number of anilines is 2. The van der Waals surface area contributed by atoms with Crippen molar-refractivity contribution in [2.24, 2.45) is 0 Å². The van der Waals surface area contributed by atoms with Crippen molar-refractivity contribution >= 4 is 55.1 Å². The molecule has 2 aromatic heterocycles. The maximum Gasteiger partial charge on any atom is 0.573 e. The van der Waals surface area contributed by atoms with Crippen LogP contribution in [0.15, 0.2) is 48.7 Å². The average Bonchev–Trinajstić information content (AvgIpc) is 3.24. The molecule has 0 atom stereocenters. The lowest BCUT2D eigenvalue weighted by Gasteiger charge is -2.07. The summed E-state index contributed by atoms with van der Waals surface area (Å²) in [4.78, 5) is 28.1. The number of nitrogens with zero attached hydrogens (tertiary/aromatic N) is 2. The molecule has 2 aromatic carbocycles. The number of benzene rings is 2. The van der Waals surface area contributed by atoms with Crippen LogP contribution < -0.4 is 15.4 Å². The van der Waals surface area contributed by atoms with Crippen LogP contribution in [0.2, 0.25) is 0 Å². The first-order valence-corrected chi connectivity index (χ1v) is 9.81. The number of fused-ring (bicyclic) bond motifs is 2. The van der Waals surface area contributed by atoms with E-state index in [4.69, 9.17) is 0 Å². The Labute approximate surface area is 177 Å². The Morgan fingerprint density at radius 1 is 1.16 bits per heavy atom. The third kappa shape index (κ3) is 4.77. The highest BCUT2D eigenvalue weighted by atomic mass is 32.1. The first-order valence-electron chi connectivity index (χ1n) is 8.99. The highest BCUT2D eigenvalue weighted by Crippen LogP contribution is 2.32. The standard InChI is InChI=1S/C20H15F3N4O3S/c1-11(28)24-14-3-2-4-16-13(14)7-8-27(16)10-18(29)26-19-25-15-6-5-12(9-17(15)31-19)30-20(21,22)23/h2-9H,10H2,1H3,(H,24,28)(H,25,26,29). The van der Waals surface area contributed by atoms with E-state index >= 15 is 0 Å². The lowest BCUT2D eigenvalue weighted by atomic mass is 10.2. The normalized spacial score (nSPS) is 11.6. The van der Waals surface area contributed by atoms with Gasteiger partial charge in [-0.15, -0.1) is 13.2 Å². The van der Waals surface area contributed by atoms with Gasteiger partial charge >= 0.3 is 6.36 Å². The van der Waals surface area contributed by atoms with Gasteiger partial charge < -0.3 is 19.9 Å². The number of rotatable bonds is 5. The number of hydrogen-bond donors (Lipinski definition) is 2. The molecule has 0 fully saturated rings. The van der Waals surface area contributed by atoms with E-state index in [9.17, 15) is 22.8 Å². The van der Waals surface area contributed by atoms with Gasteiger partial charge in [-0.3, -0.25) is 9.59 Å². The molecule has 0 aliphatic heterocycles. The lowest BCUT2D eigenvalue weighted by Crippen LogP contribution is -2.18. The summed E-state index contributed by atoms with van der Waals surface area (Å²) < 4.78 is 43.2. The molecule has 0 aliphatic carbocycles. The monoisotopic (exact) mass is 448 g/mol. The number of thiazole rings is 1. The van der Waals surface area contributed by atoms with E-state index in [1.54, 1.807) is 29.0 Å². The zero-order valence-corrected chi connectivity index (χ0v) is 16.8. The molecule has 2 heterocycles. The zero-order chi connectivity index (χ0) is 22.2. The highest BCUT2D eigenvalue weighted by Gasteiger charge is 2.31. The van der Waals surface area contributed by atoms with Crippen molar-refractivity contribution < 1.29 is 27.5 Å². The molecule has 2 amide bonds. The summed E-state index contributed by atoms with van der Waals surface area (Å²) in [6.45, 7) is 1.41. The van der Waals surface area contributed by atoms with Crippen molar-refractivity contribution in [2.75, 3.05) is 10.6 Å². The van der Waals surface area contributed by atoms with E-state index in [0.717, 1.165) is 22.2 Å². The van der Waals surface area contributed by atoms with Crippen molar-refractivity contribution in [3.63, 3.8) is 0 Å². The predicted molar refractivity (Wildman–Crippen MR) is 111 cm³/mol. The Balaban J connectivity index is 1.50. The third-order valence-corrected chi connectivity index (χ3v) is 5.21. The smallest absolute Gasteiger partial charge is 0.406 e. The largest absolute Gasteiger partial charge is 0.573 e. The van der Waals surface area contributed by atoms with Gasteiger partial charge in [0.25, 0.3) is 0 Å². The van der Waals surface area contributed by atoms with Crippen molar-refractivity contribution in [3.8, 4) is 5.75 Å². The van der Waals surface area contributed by atoms with Crippen molar-refractivity contribution in [1.29, 1.82) is 0 Å². The van der Waals surface area contributed by atoms with Gasteiger partial charge in [0.2, 0.25) is 11.8 Å². The van der Waals surface area contributed by atoms with E-state index < -0.39 is 6.36 Å². The van der Waals surface area contributed by atoms with E-state index in [2.05, 4.69) is 20.4 Å². The van der Waals surface area contributed by atoms with Crippen molar-refractivity contribution in [2.45, 2.75) is 19.8 Å². The molecule has 11 heteroatoms. The van der Waals surface area contributed by atoms with Crippen LogP contribution in [0.3, 0.4) is 0 Å². The van der Waals surface area contributed by atoms with Gasteiger partial charge in [0, 0.05) is 24.6 Å². The minimum Gasteiger partial charge on any atom is -0.406 e. The second kappa shape index (κ2) is 7.91. The molecular formula is C20H15F3N4O3S. The average molecular weight is 448 g/mol. The third-order valence-electron chi connectivity index (χ3n) is 4.28. The van der Waals surface area contributed by atoms with Gasteiger partial charge in [0.15, 0.2) is 5.13 Å². The molecule has 0 radical (unpaired) electrons. The summed E-state index contributed by atoms with van der Waals surface area (Å²) in [7, 11) is 0. The fourth-order valence-electron chi connectivity index (χ4n) is 3.13. The molecular weight excluding hydrogens is 433 g/mol. The summed E-state index contributed by atoms with van der Waals surface area (Å²) in [6.07, 6.45) is -3.05. The summed E-state index contributed by atoms with van der Waals surface area (Å²) in [5, 5.41) is 6.47. The number of halogens is 3. The minimum absolute atomic E-state index is 0.00855. The Kier molecular flexibility index (Phi) is 5.27. The Morgan fingerprint density at radius 3 is 2.71 bits per heavy atom. The summed E-state index contributed by atoms with van der Waals surface area (Å²) >= 11 is 1.04. The second-order valence-corrected chi connectivity index (χ2v) is 7.64. The number of hydrogen-bond acceptors (Lipinski definition) is 5. The number of ether oxygens (including phenoxy) is 1. The molecule has 31 heavy (non-hydrogen) atoms. The van der Waals surface area contributed by atoms with Crippen LogP contribution in [0.5, 0.6) is 5.75 Å². The van der Waals surface area contributed by atoms with E-state index in [0.29, 0.717) is 15.9 Å². The lowest BCUT2D eigenvalue weighted by molar-refractivity contribution is -0.274. The number of amides is 2. The van der Waals surface area contributed by atoms with Crippen LogP contribution in [0.1, 0.15) is 6.92 Å². The Hall–Kier alpha value is -3.60. The quantitative estimate of drug-likeness (QED) is 0.462. The van der Waals surface area contributed by atoms with Gasteiger partial charge in [-0.1, -0.05) is 17.4 Å². The van der Waals surface area contributed by atoms with Crippen LogP contribution in [0.4, 0.5) is 24.0 Å². The fraction of sp³-hybridized carbons (Fsp3) is 0.150. The minimum atomic E-state index is -4.78. The molecule has 2 N–H and O–H groups in total. The van der Waals surface area contributed by atoms with Gasteiger partial charge in [-0.05, 0) is 30.3 Å². The number of alkyl halides is 3. The SMILES string of the molecule is CC(=O)Nc1cccc2c1ccn2CC(=O)Nc1nc2ccc(OC(F)(F)F)cc2s1. The second-order valence-electron chi connectivity index (χ2n) is 6.61. The van der Waals surface area contributed by atoms with Crippen molar-refractivity contribution in [1.82, 2.24) is 9.55 Å². The molecule has 0 saturated heterocycles. The molecule has 0 saturated carbocycles. The van der Waals surface area contributed by atoms with Gasteiger partial charge in [-0.25, -0.2) is 4.98 Å². The van der Waals surface area contributed by atoms with Crippen LogP contribution in [-0.2, 0) is 16.1 Å². The molecule has 7 nitrogen and oxygen atoms in total. The fourth-order valence-corrected chi connectivity index (χ4v) is 4.04. The predicted octanol–water partition coefficient (Wildman–Crippen LogP) is 4.75. The van der Waals surface area contributed by atoms with Crippen LogP contribution in [0, 0.1) is 0 Å². The first-order chi connectivity index (χ1) is 14.7. The number of carbonyl (C=O) groups excluding carboxylic acids is 2. The van der Waals surface area contributed by atoms with Crippen molar-refractivity contribution in [3.05, 3.63) is 48.7 Å². The van der Waals surface area contributed by atoms with Gasteiger partial charge in [-0.2, -0.15) is 0 Å². The van der Waals surface area contributed by atoms with Gasteiger partial charge in [0.05, 0.1) is 21.4 Å². The number of nitrogens with one attached hydrogen (secondary N) is 2. The zero-order valence-electron chi connectivity index (χ0n) is 16.0. The van der Waals surface area contributed by atoms with Crippen LogP contribution in [-0.4, -0.2) is 27.7 Å². The maximum absolute atomic E-state index is 12.5. The molecule has 0 spiro atoms. The van der Waals surface area contributed by atoms with Crippen LogP contribution >= 0.6 is 11.3 Å². The summed E-state index contributed by atoms with van der Waals surface area (Å²) in [6, 6.07) is 11.0. The molecule has 0 aliphatic rings. The molecule has 4 rings (SSSR count). The number of carbonyl (C=O) groups is 2. The van der Waals surface area contributed by atoms with Crippen LogP contribution in [0.25, 0.3) is 21.1 Å². The van der Waals surface area contributed by atoms with E-state index in [-0.39, 0.29) is 29.2 Å². The van der Waals surface area contributed by atoms with E-state index in [1.165, 1.54) is 25.1 Å². The van der Waals surface area contributed by atoms with E-state index in [1.807, 2.05) is 6.07 Å².